The fourth-order valence-electron chi connectivity index (χ4n) is 2.16. The number of benzene rings is 2. The highest BCUT2D eigenvalue weighted by Gasteiger charge is 2.29. The van der Waals surface area contributed by atoms with Gasteiger partial charge in [-0.3, -0.25) is 0 Å². The van der Waals surface area contributed by atoms with Crippen LogP contribution in [0.2, 0.25) is 0 Å². The summed E-state index contributed by atoms with van der Waals surface area (Å²) in [7, 11) is 0. The first-order valence-corrected chi connectivity index (χ1v) is 7.40. The van der Waals surface area contributed by atoms with Gasteiger partial charge >= 0.3 is 0 Å². The van der Waals surface area contributed by atoms with Crippen LogP contribution in [0.25, 0.3) is 11.5 Å². The van der Waals surface area contributed by atoms with Crippen molar-refractivity contribution in [3.8, 4) is 17.2 Å². The van der Waals surface area contributed by atoms with Crippen LogP contribution in [0.3, 0.4) is 0 Å². The number of nitrogens with zero attached hydrogens (tertiary/aromatic N) is 2. The molecule has 5 heteroatoms. The van der Waals surface area contributed by atoms with E-state index in [-0.39, 0.29) is 0 Å². The lowest BCUT2D eigenvalue weighted by molar-refractivity contribution is 0.0954. The van der Waals surface area contributed by atoms with E-state index in [0.29, 0.717) is 23.2 Å². The van der Waals surface area contributed by atoms with Gasteiger partial charge < -0.3 is 15.0 Å². The molecule has 0 aliphatic carbocycles. The zero-order valence-corrected chi connectivity index (χ0v) is 13.4. The molecular weight excluding hydrogens is 290 g/mol. The number of aryl methyl sites for hydroxylation is 1. The third-order valence-electron chi connectivity index (χ3n) is 3.52. The number of hydrogen-bond donors (Lipinski definition) is 1. The molecule has 118 valence electrons. The van der Waals surface area contributed by atoms with Crippen molar-refractivity contribution in [3.63, 3.8) is 0 Å². The van der Waals surface area contributed by atoms with Gasteiger partial charge in [0.1, 0.15) is 5.75 Å². The van der Waals surface area contributed by atoms with E-state index in [1.54, 1.807) is 12.1 Å². The van der Waals surface area contributed by atoms with E-state index in [2.05, 4.69) is 10.1 Å². The quantitative estimate of drug-likeness (QED) is 0.739. The standard InChI is InChI=1S/C18H19N3O2/c1-12-4-6-13(7-5-12)16-20-17(21-23-16)18(2,3)22-15-10-8-14(19)9-11-15/h4-11H,19H2,1-3H3. The minimum atomic E-state index is -0.720. The summed E-state index contributed by atoms with van der Waals surface area (Å²) in [6.07, 6.45) is 0. The molecule has 0 aliphatic heterocycles. The summed E-state index contributed by atoms with van der Waals surface area (Å²) in [6, 6.07) is 15.2. The molecule has 2 aromatic carbocycles. The summed E-state index contributed by atoms with van der Waals surface area (Å²) in [4.78, 5) is 4.47. The van der Waals surface area contributed by atoms with Gasteiger partial charge in [-0.15, -0.1) is 0 Å². The predicted octanol–water partition coefficient (Wildman–Crippen LogP) is 3.94. The van der Waals surface area contributed by atoms with Crippen LogP contribution in [-0.2, 0) is 5.60 Å². The second-order valence-corrected chi connectivity index (χ2v) is 5.97. The fourth-order valence-corrected chi connectivity index (χ4v) is 2.16. The molecule has 0 aliphatic rings. The minimum absolute atomic E-state index is 0.481. The number of nitrogen functional groups attached to an aromatic ring is 1. The lowest BCUT2D eigenvalue weighted by atomic mass is 10.1. The second-order valence-electron chi connectivity index (χ2n) is 5.97. The van der Waals surface area contributed by atoms with E-state index in [1.807, 2.05) is 57.2 Å². The number of aromatic nitrogens is 2. The van der Waals surface area contributed by atoms with E-state index in [0.717, 1.165) is 5.56 Å². The zero-order valence-electron chi connectivity index (χ0n) is 13.4. The Hall–Kier alpha value is -2.82. The predicted molar refractivity (Wildman–Crippen MR) is 89.0 cm³/mol. The molecule has 1 aromatic heterocycles. The van der Waals surface area contributed by atoms with Crippen LogP contribution in [0.5, 0.6) is 5.75 Å². The average molecular weight is 309 g/mol. The molecule has 5 nitrogen and oxygen atoms in total. The van der Waals surface area contributed by atoms with Gasteiger partial charge in [0.05, 0.1) is 0 Å². The lowest BCUT2D eigenvalue weighted by Crippen LogP contribution is -2.26. The monoisotopic (exact) mass is 309 g/mol. The molecule has 3 aromatic rings. The molecule has 0 bridgehead atoms. The molecule has 2 N–H and O–H groups in total. The second kappa shape index (κ2) is 5.76. The van der Waals surface area contributed by atoms with Crippen LogP contribution in [0.15, 0.2) is 53.1 Å². The maximum atomic E-state index is 5.97. The Bertz CT molecular complexity index is 790. The van der Waals surface area contributed by atoms with Crippen molar-refractivity contribution in [3.05, 3.63) is 59.9 Å². The van der Waals surface area contributed by atoms with Crippen molar-refractivity contribution in [2.24, 2.45) is 0 Å². The summed E-state index contributed by atoms with van der Waals surface area (Å²) in [6.45, 7) is 5.83. The van der Waals surface area contributed by atoms with Crippen LogP contribution in [0.4, 0.5) is 5.69 Å². The Morgan fingerprint density at radius 1 is 1.00 bits per heavy atom. The maximum absolute atomic E-state index is 5.97. The smallest absolute Gasteiger partial charge is 0.258 e. The highest BCUT2D eigenvalue weighted by atomic mass is 16.5. The SMILES string of the molecule is Cc1ccc(-c2nc(C(C)(C)Oc3ccc(N)cc3)no2)cc1. The third kappa shape index (κ3) is 3.34. The minimum Gasteiger partial charge on any atom is -0.480 e. The Labute approximate surface area is 135 Å². The topological polar surface area (TPSA) is 74.2 Å². The maximum Gasteiger partial charge on any atom is 0.258 e. The molecule has 0 unspecified atom stereocenters. The normalized spacial score (nSPS) is 11.4. The zero-order chi connectivity index (χ0) is 16.4. The first kappa shape index (κ1) is 15.1. The van der Waals surface area contributed by atoms with Gasteiger partial charge in [-0.1, -0.05) is 22.9 Å². The molecule has 0 saturated carbocycles. The van der Waals surface area contributed by atoms with Gasteiger partial charge in [0.25, 0.3) is 5.89 Å². The third-order valence-corrected chi connectivity index (χ3v) is 3.52. The van der Waals surface area contributed by atoms with Gasteiger partial charge in [-0.25, -0.2) is 0 Å². The van der Waals surface area contributed by atoms with Gasteiger partial charge in [0, 0.05) is 11.3 Å². The molecule has 0 fully saturated rings. The average Bonchev–Trinajstić information content (AvgIpc) is 3.01. The Balaban J connectivity index is 1.83. The number of rotatable bonds is 4. The molecule has 0 radical (unpaired) electrons. The Kier molecular flexibility index (Phi) is 3.78. The van der Waals surface area contributed by atoms with Crippen LogP contribution in [0, 0.1) is 6.92 Å². The van der Waals surface area contributed by atoms with Crippen LogP contribution in [0.1, 0.15) is 25.2 Å². The number of nitrogens with two attached hydrogens (primary N) is 1. The summed E-state index contributed by atoms with van der Waals surface area (Å²) >= 11 is 0. The Morgan fingerprint density at radius 3 is 2.30 bits per heavy atom. The highest BCUT2D eigenvalue weighted by Crippen LogP contribution is 2.28. The first-order chi connectivity index (χ1) is 10.9. The molecule has 0 amide bonds. The van der Waals surface area contributed by atoms with E-state index in [4.69, 9.17) is 15.0 Å². The van der Waals surface area contributed by atoms with Crippen molar-refractivity contribution in [1.82, 2.24) is 10.1 Å². The molecular formula is C18H19N3O2. The summed E-state index contributed by atoms with van der Waals surface area (Å²) in [5.74, 6) is 1.67. The van der Waals surface area contributed by atoms with Crippen LogP contribution in [-0.4, -0.2) is 10.1 Å². The number of anilines is 1. The molecule has 1 heterocycles. The van der Waals surface area contributed by atoms with Crippen molar-refractivity contribution in [2.45, 2.75) is 26.4 Å². The van der Waals surface area contributed by atoms with Gasteiger partial charge in [-0.2, -0.15) is 4.98 Å². The van der Waals surface area contributed by atoms with Crippen LogP contribution >= 0.6 is 0 Å². The first-order valence-electron chi connectivity index (χ1n) is 7.40. The van der Waals surface area contributed by atoms with E-state index >= 15 is 0 Å². The fraction of sp³-hybridized carbons (Fsp3) is 0.222. The van der Waals surface area contributed by atoms with Crippen molar-refractivity contribution >= 4 is 5.69 Å². The molecule has 0 saturated heterocycles. The number of hydrogen-bond acceptors (Lipinski definition) is 5. The number of ether oxygens (including phenoxy) is 1. The van der Waals surface area contributed by atoms with Crippen LogP contribution < -0.4 is 10.5 Å². The molecule has 0 spiro atoms. The largest absolute Gasteiger partial charge is 0.480 e. The van der Waals surface area contributed by atoms with Crippen molar-refractivity contribution in [2.75, 3.05) is 5.73 Å². The lowest BCUT2D eigenvalue weighted by Gasteiger charge is -2.22. The van der Waals surface area contributed by atoms with Crippen molar-refractivity contribution in [1.29, 1.82) is 0 Å². The molecule has 23 heavy (non-hydrogen) atoms. The summed E-state index contributed by atoms with van der Waals surface area (Å²) in [5.41, 5.74) is 7.72. The van der Waals surface area contributed by atoms with E-state index in [1.165, 1.54) is 5.56 Å². The van der Waals surface area contributed by atoms with Gasteiger partial charge in [-0.05, 0) is 57.2 Å². The summed E-state index contributed by atoms with van der Waals surface area (Å²) < 4.78 is 11.3. The summed E-state index contributed by atoms with van der Waals surface area (Å²) in [5, 5.41) is 4.06. The van der Waals surface area contributed by atoms with Crippen molar-refractivity contribution < 1.29 is 9.26 Å². The highest BCUT2D eigenvalue weighted by molar-refractivity contribution is 5.53. The van der Waals surface area contributed by atoms with Gasteiger partial charge in [0.2, 0.25) is 5.82 Å². The van der Waals surface area contributed by atoms with E-state index < -0.39 is 5.60 Å². The van der Waals surface area contributed by atoms with Gasteiger partial charge in [0.15, 0.2) is 5.60 Å². The van der Waals surface area contributed by atoms with E-state index in [9.17, 15) is 0 Å². The Morgan fingerprint density at radius 2 is 1.65 bits per heavy atom. The molecule has 3 rings (SSSR count). The molecule has 0 atom stereocenters.